The predicted octanol–water partition coefficient (Wildman–Crippen LogP) is 1.87. The van der Waals surface area contributed by atoms with Crippen LogP contribution in [0.5, 0.6) is 0 Å². The van der Waals surface area contributed by atoms with Gasteiger partial charge in [-0.15, -0.1) is 0 Å². The van der Waals surface area contributed by atoms with Gasteiger partial charge in [-0.05, 0) is 43.9 Å². The Morgan fingerprint density at radius 1 is 1.04 bits per heavy atom. The molecule has 0 radical (unpaired) electrons. The molecule has 6 heteroatoms. The van der Waals surface area contributed by atoms with Crippen molar-refractivity contribution in [3.63, 3.8) is 0 Å². The maximum absolute atomic E-state index is 11.8. The molecule has 27 heavy (non-hydrogen) atoms. The lowest BCUT2D eigenvalue weighted by molar-refractivity contribution is 0.385. The minimum atomic E-state index is -0.0424. The van der Waals surface area contributed by atoms with Crippen LogP contribution in [0.25, 0.3) is 0 Å². The van der Waals surface area contributed by atoms with Crippen LogP contribution in [0.3, 0.4) is 0 Å². The average Bonchev–Trinajstić information content (AvgIpc) is 3.19. The first-order chi connectivity index (χ1) is 13.2. The summed E-state index contributed by atoms with van der Waals surface area (Å²) in [6, 6.07) is 13.0. The zero-order valence-electron chi connectivity index (χ0n) is 16.1. The summed E-state index contributed by atoms with van der Waals surface area (Å²) in [5, 5.41) is 7.94. The van der Waals surface area contributed by atoms with Crippen molar-refractivity contribution in [3.8, 4) is 0 Å². The van der Waals surface area contributed by atoms with Crippen LogP contribution in [0.15, 0.2) is 47.4 Å². The molecule has 1 N–H and O–H groups in total. The third-order valence-electron chi connectivity index (χ3n) is 5.92. The second-order valence-corrected chi connectivity index (χ2v) is 7.78. The maximum Gasteiger partial charge on any atom is 0.268 e. The van der Waals surface area contributed by atoms with Crippen molar-refractivity contribution in [3.05, 3.63) is 52.9 Å². The van der Waals surface area contributed by atoms with Crippen molar-refractivity contribution in [2.45, 2.75) is 25.3 Å². The highest BCUT2D eigenvalue weighted by Crippen LogP contribution is 2.23. The van der Waals surface area contributed by atoms with Gasteiger partial charge in [0.15, 0.2) is 0 Å². The zero-order chi connectivity index (χ0) is 18.6. The molecule has 0 spiro atoms. The first-order valence-corrected chi connectivity index (χ1v) is 10.0. The van der Waals surface area contributed by atoms with E-state index in [-0.39, 0.29) is 5.56 Å². The number of nitrogens with one attached hydrogen (secondary N) is 1. The first kappa shape index (κ1) is 18.0. The molecular formula is C21H29N5O. The lowest BCUT2D eigenvalue weighted by Gasteiger charge is -2.34. The van der Waals surface area contributed by atoms with Gasteiger partial charge in [-0.3, -0.25) is 4.79 Å². The highest BCUT2D eigenvalue weighted by atomic mass is 16.1. The molecule has 1 unspecified atom stereocenters. The summed E-state index contributed by atoms with van der Waals surface area (Å²) in [6.07, 6.45) is 5.37. The molecule has 144 valence electrons. The van der Waals surface area contributed by atoms with Crippen molar-refractivity contribution >= 4 is 11.4 Å². The number of benzene rings is 1. The topological polar surface area (TPSA) is 53.4 Å². The minimum Gasteiger partial charge on any atom is -0.371 e. The Balaban J connectivity index is 1.22. The quantitative estimate of drug-likeness (QED) is 0.874. The van der Waals surface area contributed by atoms with E-state index in [1.54, 1.807) is 19.3 Å². The first-order valence-electron chi connectivity index (χ1n) is 10.0. The molecule has 6 nitrogen and oxygen atoms in total. The fraction of sp³-hybridized carbons (Fsp3) is 0.524. The molecule has 4 rings (SSSR count). The largest absolute Gasteiger partial charge is 0.371 e. The number of anilines is 2. The fourth-order valence-corrected chi connectivity index (χ4v) is 4.18. The molecule has 0 aliphatic carbocycles. The molecule has 0 bridgehead atoms. The molecule has 2 aliphatic rings. The summed E-state index contributed by atoms with van der Waals surface area (Å²) in [5.74, 6) is 0.640. The van der Waals surface area contributed by atoms with E-state index in [9.17, 15) is 4.79 Å². The Kier molecular flexibility index (Phi) is 5.43. The van der Waals surface area contributed by atoms with Gasteiger partial charge in [0.05, 0.1) is 11.9 Å². The normalized spacial score (nSPS) is 21.0. The summed E-state index contributed by atoms with van der Waals surface area (Å²) < 4.78 is 1.38. The van der Waals surface area contributed by atoms with E-state index < -0.39 is 0 Å². The number of hydrogen-bond donors (Lipinski definition) is 1. The fourth-order valence-electron chi connectivity index (χ4n) is 4.18. The van der Waals surface area contributed by atoms with Crippen LogP contribution < -0.4 is 20.7 Å². The number of aryl methyl sites for hydroxylation is 1. The van der Waals surface area contributed by atoms with Gasteiger partial charge in [0.25, 0.3) is 5.56 Å². The third kappa shape index (κ3) is 4.33. The van der Waals surface area contributed by atoms with Gasteiger partial charge < -0.3 is 15.1 Å². The van der Waals surface area contributed by atoms with Crippen LogP contribution in [0, 0.1) is 5.92 Å². The van der Waals surface area contributed by atoms with Gasteiger partial charge >= 0.3 is 0 Å². The molecule has 2 aliphatic heterocycles. The van der Waals surface area contributed by atoms with Gasteiger partial charge in [0, 0.05) is 51.0 Å². The number of rotatable bonds is 5. The standard InChI is InChI=1S/C21H29N5O/c1-24-21(27)13-20(15-23-24)26-10-7-17(16-26)14-22-18-8-11-25(12-9-18)19-5-3-2-4-6-19/h2-6,13,15,17-18,22H,7-12,14,16H2,1H3. The Bertz CT molecular complexity index is 798. The van der Waals surface area contributed by atoms with Gasteiger partial charge in [-0.25, -0.2) is 4.68 Å². The Morgan fingerprint density at radius 3 is 2.52 bits per heavy atom. The molecule has 1 aromatic heterocycles. The van der Waals surface area contributed by atoms with Crippen molar-refractivity contribution < 1.29 is 0 Å². The predicted molar refractivity (Wildman–Crippen MR) is 109 cm³/mol. The van der Waals surface area contributed by atoms with Crippen LogP contribution in [-0.2, 0) is 7.05 Å². The lowest BCUT2D eigenvalue weighted by Crippen LogP contribution is -2.44. The van der Waals surface area contributed by atoms with Gasteiger partial charge in [-0.2, -0.15) is 5.10 Å². The lowest BCUT2D eigenvalue weighted by atomic mass is 10.0. The number of piperidine rings is 1. The van der Waals surface area contributed by atoms with E-state index in [1.807, 2.05) is 0 Å². The molecule has 3 heterocycles. The van der Waals surface area contributed by atoms with Crippen LogP contribution in [-0.4, -0.2) is 48.5 Å². The van der Waals surface area contributed by atoms with Crippen LogP contribution in [0.2, 0.25) is 0 Å². The molecule has 1 atom stereocenters. The average molecular weight is 367 g/mol. The Labute approximate surface area is 160 Å². The van der Waals surface area contributed by atoms with Crippen molar-refractivity contribution in [1.82, 2.24) is 15.1 Å². The van der Waals surface area contributed by atoms with Gasteiger partial charge in [0.1, 0.15) is 0 Å². The van der Waals surface area contributed by atoms with Crippen molar-refractivity contribution in [2.24, 2.45) is 13.0 Å². The molecule has 1 aromatic carbocycles. The molecule has 2 aromatic rings. The molecule has 2 fully saturated rings. The number of nitrogens with zero attached hydrogens (tertiary/aromatic N) is 4. The zero-order valence-corrected chi connectivity index (χ0v) is 16.1. The maximum atomic E-state index is 11.8. The monoisotopic (exact) mass is 367 g/mol. The molecule has 2 saturated heterocycles. The molecule has 0 amide bonds. The summed E-state index contributed by atoms with van der Waals surface area (Å²) in [4.78, 5) is 16.6. The van der Waals surface area contributed by atoms with Crippen molar-refractivity contribution in [2.75, 3.05) is 42.5 Å². The third-order valence-corrected chi connectivity index (χ3v) is 5.92. The molecular weight excluding hydrogens is 338 g/mol. The van der Waals surface area contributed by atoms with E-state index in [0.29, 0.717) is 12.0 Å². The number of para-hydroxylation sites is 1. The van der Waals surface area contributed by atoms with E-state index in [0.717, 1.165) is 38.4 Å². The summed E-state index contributed by atoms with van der Waals surface area (Å²) in [5.41, 5.74) is 2.25. The minimum absolute atomic E-state index is 0.0424. The van der Waals surface area contributed by atoms with E-state index in [1.165, 1.54) is 29.6 Å². The van der Waals surface area contributed by atoms with E-state index >= 15 is 0 Å². The van der Waals surface area contributed by atoms with E-state index in [4.69, 9.17) is 0 Å². The Hall–Kier alpha value is -2.34. The van der Waals surface area contributed by atoms with Crippen LogP contribution in [0.4, 0.5) is 11.4 Å². The summed E-state index contributed by atoms with van der Waals surface area (Å²) in [7, 11) is 1.69. The van der Waals surface area contributed by atoms with Crippen LogP contribution in [0.1, 0.15) is 19.3 Å². The smallest absolute Gasteiger partial charge is 0.268 e. The van der Waals surface area contributed by atoms with E-state index in [2.05, 4.69) is 50.5 Å². The van der Waals surface area contributed by atoms with Crippen LogP contribution >= 0.6 is 0 Å². The summed E-state index contributed by atoms with van der Waals surface area (Å²) >= 11 is 0. The second kappa shape index (κ2) is 8.13. The highest BCUT2D eigenvalue weighted by Gasteiger charge is 2.25. The van der Waals surface area contributed by atoms with Gasteiger partial charge in [-0.1, -0.05) is 18.2 Å². The van der Waals surface area contributed by atoms with Gasteiger partial charge in [0.2, 0.25) is 0 Å². The summed E-state index contributed by atoms with van der Waals surface area (Å²) in [6.45, 7) is 5.32. The second-order valence-electron chi connectivity index (χ2n) is 7.78. The highest BCUT2D eigenvalue weighted by molar-refractivity contribution is 5.46. The number of hydrogen-bond acceptors (Lipinski definition) is 5. The van der Waals surface area contributed by atoms with Crippen molar-refractivity contribution in [1.29, 1.82) is 0 Å². The Morgan fingerprint density at radius 2 is 1.78 bits per heavy atom. The molecule has 0 saturated carbocycles. The SMILES string of the molecule is Cn1ncc(N2CCC(CNC3CCN(c4ccccc4)CC3)C2)cc1=O. The number of aromatic nitrogens is 2.